The highest BCUT2D eigenvalue weighted by Gasteiger charge is 2.25. The molecule has 0 aliphatic rings. The number of aromatic hydroxyl groups is 2. The Hall–Kier alpha value is -3.02. The molecule has 0 aromatic heterocycles. The maximum atomic E-state index is 12.4. The van der Waals surface area contributed by atoms with E-state index in [1.54, 1.807) is 44.4 Å². The third kappa shape index (κ3) is 3.96. The minimum atomic E-state index is -0.459. The van der Waals surface area contributed by atoms with Gasteiger partial charge in [-0.3, -0.25) is 9.59 Å². The Kier molecular flexibility index (Phi) is 5.87. The molecule has 0 atom stereocenters. The van der Waals surface area contributed by atoms with Crippen LogP contribution in [0.15, 0.2) is 36.4 Å². The van der Waals surface area contributed by atoms with E-state index >= 15 is 0 Å². The summed E-state index contributed by atoms with van der Waals surface area (Å²) >= 11 is 0. The van der Waals surface area contributed by atoms with Crippen molar-refractivity contribution >= 4 is 11.8 Å². The lowest BCUT2D eigenvalue weighted by atomic mass is 9.92. The fraction of sp³-hybridized carbons (Fsp3) is 0.300. The van der Waals surface area contributed by atoms with E-state index in [4.69, 9.17) is 0 Å². The van der Waals surface area contributed by atoms with Crippen molar-refractivity contribution in [2.75, 3.05) is 14.1 Å². The monoisotopic (exact) mass is 356 g/mol. The van der Waals surface area contributed by atoms with E-state index in [1.807, 2.05) is 19.9 Å². The summed E-state index contributed by atoms with van der Waals surface area (Å²) in [4.78, 5) is 25.9. The van der Waals surface area contributed by atoms with Crippen LogP contribution in [0.4, 0.5) is 0 Å². The molecular formula is C20H24N2O4. The number of benzene rings is 2. The number of carbonyl (C=O) groups excluding carboxylic acids is 2. The normalized spacial score (nSPS) is 10.7. The number of hydrogen-bond donors (Lipinski definition) is 3. The first-order valence-electron chi connectivity index (χ1n) is 8.36. The Balaban J connectivity index is 2.35. The number of rotatable bonds is 5. The lowest BCUT2D eigenvalue weighted by molar-refractivity contribution is 0.0821. The standard InChI is InChI=1S/C20H24N2O4/c1-12(2)15-10-14(11-21-19(25)13-8-6-5-7-9-13)17(23)18(24)16(15)20(26)22(3)4/h5-10,12,23-24H,11H2,1-4H3,(H,21,25). The molecule has 2 aromatic carbocycles. The summed E-state index contributed by atoms with van der Waals surface area (Å²) in [6, 6.07) is 10.4. The van der Waals surface area contributed by atoms with Gasteiger partial charge in [-0.05, 0) is 29.7 Å². The molecule has 2 amide bonds. The highest BCUT2D eigenvalue weighted by Crippen LogP contribution is 2.38. The van der Waals surface area contributed by atoms with Crippen LogP contribution in [-0.2, 0) is 6.54 Å². The Morgan fingerprint density at radius 1 is 1.08 bits per heavy atom. The average Bonchev–Trinajstić information content (AvgIpc) is 2.62. The van der Waals surface area contributed by atoms with Gasteiger partial charge in [-0.2, -0.15) is 0 Å². The fourth-order valence-corrected chi connectivity index (χ4v) is 2.64. The number of carbonyl (C=O) groups is 2. The number of phenolic OH excluding ortho intramolecular Hbond substituents is 2. The van der Waals surface area contributed by atoms with Crippen molar-refractivity contribution in [2.24, 2.45) is 0 Å². The van der Waals surface area contributed by atoms with Gasteiger partial charge in [0, 0.05) is 31.8 Å². The smallest absolute Gasteiger partial charge is 0.257 e. The average molecular weight is 356 g/mol. The molecule has 6 heteroatoms. The topological polar surface area (TPSA) is 89.9 Å². The van der Waals surface area contributed by atoms with E-state index < -0.39 is 11.5 Å². The quantitative estimate of drug-likeness (QED) is 0.719. The van der Waals surface area contributed by atoms with Gasteiger partial charge < -0.3 is 20.4 Å². The highest BCUT2D eigenvalue weighted by molar-refractivity contribution is 5.99. The number of hydrogen-bond acceptors (Lipinski definition) is 4. The number of nitrogens with zero attached hydrogens (tertiary/aromatic N) is 1. The molecule has 6 nitrogen and oxygen atoms in total. The SMILES string of the molecule is CC(C)c1cc(CNC(=O)c2ccccc2)c(O)c(O)c1C(=O)N(C)C. The molecule has 0 aliphatic carbocycles. The van der Waals surface area contributed by atoms with Crippen molar-refractivity contribution in [3.05, 3.63) is 58.7 Å². The molecule has 0 fully saturated rings. The molecule has 26 heavy (non-hydrogen) atoms. The largest absolute Gasteiger partial charge is 0.504 e. The number of nitrogens with one attached hydrogen (secondary N) is 1. The summed E-state index contributed by atoms with van der Waals surface area (Å²) in [6.45, 7) is 3.82. The van der Waals surface area contributed by atoms with Crippen molar-refractivity contribution in [2.45, 2.75) is 26.3 Å². The Bertz CT molecular complexity index is 814. The summed E-state index contributed by atoms with van der Waals surface area (Å²) < 4.78 is 0. The molecule has 3 N–H and O–H groups in total. The first-order chi connectivity index (χ1) is 12.2. The molecule has 0 saturated carbocycles. The van der Waals surface area contributed by atoms with Crippen LogP contribution in [0.1, 0.15) is 51.6 Å². The molecule has 0 aliphatic heterocycles. The van der Waals surface area contributed by atoms with E-state index in [0.29, 0.717) is 16.7 Å². The minimum Gasteiger partial charge on any atom is -0.504 e. The van der Waals surface area contributed by atoms with Crippen molar-refractivity contribution in [3.8, 4) is 11.5 Å². The molecular weight excluding hydrogens is 332 g/mol. The summed E-state index contributed by atoms with van der Waals surface area (Å²) in [5.74, 6) is -1.58. The van der Waals surface area contributed by atoms with Crippen LogP contribution < -0.4 is 5.32 Å². The zero-order valence-electron chi connectivity index (χ0n) is 15.4. The van der Waals surface area contributed by atoms with Gasteiger partial charge >= 0.3 is 0 Å². The number of phenols is 2. The van der Waals surface area contributed by atoms with Crippen LogP contribution in [0.3, 0.4) is 0 Å². The van der Waals surface area contributed by atoms with Crippen LogP contribution in [0, 0.1) is 0 Å². The van der Waals surface area contributed by atoms with E-state index in [2.05, 4.69) is 5.32 Å². The second-order valence-electron chi connectivity index (χ2n) is 6.60. The molecule has 0 saturated heterocycles. The Morgan fingerprint density at radius 2 is 1.69 bits per heavy atom. The zero-order chi connectivity index (χ0) is 19.4. The van der Waals surface area contributed by atoms with Gasteiger partial charge in [0.2, 0.25) is 0 Å². The van der Waals surface area contributed by atoms with E-state index in [-0.39, 0.29) is 29.8 Å². The summed E-state index contributed by atoms with van der Waals surface area (Å²) in [7, 11) is 3.16. The van der Waals surface area contributed by atoms with Crippen LogP contribution in [-0.4, -0.2) is 41.0 Å². The zero-order valence-corrected chi connectivity index (χ0v) is 15.4. The molecule has 0 bridgehead atoms. The molecule has 0 radical (unpaired) electrons. The second kappa shape index (κ2) is 7.91. The van der Waals surface area contributed by atoms with E-state index in [9.17, 15) is 19.8 Å². The lowest BCUT2D eigenvalue weighted by Crippen LogP contribution is -2.25. The van der Waals surface area contributed by atoms with Crippen LogP contribution in [0.5, 0.6) is 11.5 Å². The van der Waals surface area contributed by atoms with Gasteiger partial charge in [0.05, 0.1) is 5.56 Å². The molecule has 138 valence electrons. The van der Waals surface area contributed by atoms with Crippen molar-refractivity contribution in [1.29, 1.82) is 0 Å². The van der Waals surface area contributed by atoms with Gasteiger partial charge in [-0.15, -0.1) is 0 Å². The summed E-state index contributed by atoms with van der Waals surface area (Å²) in [6.07, 6.45) is 0. The Labute approximate surface area is 153 Å². The van der Waals surface area contributed by atoms with Crippen LogP contribution in [0.2, 0.25) is 0 Å². The first-order valence-corrected chi connectivity index (χ1v) is 8.36. The molecule has 0 unspecified atom stereocenters. The highest BCUT2D eigenvalue weighted by atomic mass is 16.3. The predicted octanol–water partition coefficient (Wildman–Crippen LogP) is 2.85. The van der Waals surface area contributed by atoms with E-state index in [0.717, 1.165) is 0 Å². The third-order valence-electron chi connectivity index (χ3n) is 4.10. The molecule has 0 spiro atoms. The summed E-state index contributed by atoms with van der Waals surface area (Å²) in [5, 5.41) is 23.4. The summed E-state index contributed by atoms with van der Waals surface area (Å²) in [5.41, 5.74) is 1.55. The van der Waals surface area contributed by atoms with Gasteiger partial charge in [0.15, 0.2) is 11.5 Å². The first kappa shape index (κ1) is 19.3. The molecule has 2 rings (SSSR count). The van der Waals surface area contributed by atoms with E-state index in [1.165, 1.54) is 4.90 Å². The van der Waals surface area contributed by atoms with Gasteiger partial charge in [0.25, 0.3) is 11.8 Å². The van der Waals surface area contributed by atoms with Crippen molar-refractivity contribution in [3.63, 3.8) is 0 Å². The van der Waals surface area contributed by atoms with Gasteiger partial charge in [0.1, 0.15) is 0 Å². The van der Waals surface area contributed by atoms with Crippen LogP contribution in [0.25, 0.3) is 0 Å². The second-order valence-corrected chi connectivity index (χ2v) is 6.60. The third-order valence-corrected chi connectivity index (χ3v) is 4.10. The Morgan fingerprint density at radius 3 is 2.23 bits per heavy atom. The van der Waals surface area contributed by atoms with Crippen molar-refractivity contribution in [1.82, 2.24) is 10.2 Å². The number of amides is 2. The maximum absolute atomic E-state index is 12.4. The van der Waals surface area contributed by atoms with Gasteiger partial charge in [-0.25, -0.2) is 0 Å². The van der Waals surface area contributed by atoms with Crippen LogP contribution >= 0.6 is 0 Å². The van der Waals surface area contributed by atoms with Gasteiger partial charge in [-0.1, -0.05) is 32.0 Å². The molecule has 2 aromatic rings. The maximum Gasteiger partial charge on any atom is 0.257 e. The fourth-order valence-electron chi connectivity index (χ4n) is 2.64. The minimum absolute atomic E-state index is 0.0310. The lowest BCUT2D eigenvalue weighted by Gasteiger charge is -2.20. The predicted molar refractivity (Wildman–Crippen MR) is 99.5 cm³/mol. The van der Waals surface area contributed by atoms with Crippen molar-refractivity contribution < 1.29 is 19.8 Å². The molecule has 0 heterocycles.